The molecule has 44 heavy (non-hydrogen) atoms. The lowest BCUT2D eigenvalue weighted by molar-refractivity contribution is -0.134. The van der Waals surface area contributed by atoms with E-state index in [0.717, 1.165) is 29.0 Å². The summed E-state index contributed by atoms with van der Waals surface area (Å²) in [6.07, 6.45) is 1.91. The molecule has 0 saturated heterocycles. The molecule has 4 aromatic carbocycles. The number of aliphatic carboxylic acids is 1. The van der Waals surface area contributed by atoms with Crippen molar-refractivity contribution in [3.05, 3.63) is 126 Å². The highest BCUT2D eigenvalue weighted by Crippen LogP contribution is 2.32. The number of amides is 1. The number of carboxylic acids is 1. The number of carbonyl (C=O) groups excluding carboxylic acids is 1. The van der Waals surface area contributed by atoms with Gasteiger partial charge in [0.05, 0.1) is 7.11 Å². The van der Waals surface area contributed by atoms with Gasteiger partial charge in [-0.1, -0.05) is 42.5 Å². The number of aromatic amines is 1. The Balaban J connectivity index is 0.00000104. The Morgan fingerprint density at radius 2 is 1.66 bits per heavy atom. The minimum atomic E-state index is -0.833. The molecule has 0 aliphatic rings. The van der Waals surface area contributed by atoms with Crippen LogP contribution in [-0.4, -0.2) is 34.9 Å². The fraction of sp³-hybridized carbons (Fsp3) is 0.147. The molecule has 0 aliphatic carbocycles. The van der Waals surface area contributed by atoms with Gasteiger partial charge in [0.1, 0.15) is 18.5 Å². The van der Waals surface area contributed by atoms with Gasteiger partial charge in [0.15, 0.2) is 11.5 Å². The summed E-state index contributed by atoms with van der Waals surface area (Å²) in [6.45, 7) is 1.85. The first-order chi connectivity index (χ1) is 21.2. The molecule has 0 aliphatic heterocycles. The molecule has 0 saturated carbocycles. The molecule has 226 valence electrons. The van der Waals surface area contributed by atoms with Crippen LogP contribution in [0.25, 0.3) is 10.9 Å². The highest BCUT2D eigenvalue weighted by atomic mass is 16.5. The number of ether oxygens (including phenoxy) is 2. The molecule has 0 unspecified atom stereocenters. The van der Waals surface area contributed by atoms with Crippen molar-refractivity contribution < 1.29 is 24.2 Å². The van der Waals surface area contributed by atoms with Gasteiger partial charge in [0.2, 0.25) is 5.91 Å². The lowest BCUT2D eigenvalue weighted by atomic mass is 10.0. The van der Waals surface area contributed by atoms with Gasteiger partial charge >= 0.3 is 0 Å². The molecule has 1 heterocycles. The van der Waals surface area contributed by atoms with Crippen LogP contribution in [-0.2, 0) is 22.7 Å². The van der Waals surface area contributed by atoms with Crippen molar-refractivity contribution in [3.8, 4) is 11.5 Å². The normalized spacial score (nSPS) is 11.0. The number of methoxy groups -OCH3 is 1. The SMILES string of the molecule is CC(=O)O.COc1cc([C@@H](Nc2ccc(C(=N)N)cc2)C(=O)NCc2ccccc2)ccc1OCc1ccc2[nH]ccc2c1. The number of anilines is 1. The molecule has 0 bridgehead atoms. The third-order valence-corrected chi connectivity index (χ3v) is 6.61. The molecule has 0 fully saturated rings. The number of carbonyl (C=O) groups is 2. The van der Waals surface area contributed by atoms with E-state index in [0.29, 0.717) is 41.5 Å². The summed E-state index contributed by atoms with van der Waals surface area (Å²) in [5, 5.41) is 22.5. The monoisotopic (exact) mass is 593 g/mol. The predicted octanol–water partition coefficient (Wildman–Crippen LogP) is 5.60. The third-order valence-electron chi connectivity index (χ3n) is 6.61. The summed E-state index contributed by atoms with van der Waals surface area (Å²) in [5.74, 6) is 0.0524. The molecule has 5 rings (SSSR count). The van der Waals surface area contributed by atoms with E-state index in [9.17, 15) is 4.79 Å². The van der Waals surface area contributed by atoms with Crippen LogP contribution in [0.1, 0.15) is 35.2 Å². The van der Waals surface area contributed by atoms with Gasteiger partial charge in [-0.25, -0.2) is 0 Å². The Bertz CT molecular complexity index is 1710. The van der Waals surface area contributed by atoms with E-state index in [1.165, 1.54) is 0 Å². The maximum absolute atomic E-state index is 13.5. The van der Waals surface area contributed by atoms with Gasteiger partial charge in [-0.05, 0) is 76.7 Å². The number of nitrogen functional groups attached to an aromatic ring is 1. The number of amidine groups is 1. The van der Waals surface area contributed by atoms with Crippen molar-refractivity contribution in [2.75, 3.05) is 12.4 Å². The molecule has 1 aromatic heterocycles. The van der Waals surface area contributed by atoms with E-state index in [-0.39, 0.29) is 11.7 Å². The van der Waals surface area contributed by atoms with Crippen molar-refractivity contribution in [1.29, 1.82) is 5.41 Å². The highest BCUT2D eigenvalue weighted by Gasteiger charge is 2.22. The molecule has 10 heteroatoms. The largest absolute Gasteiger partial charge is 0.493 e. The maximum Gasteiger partial charge on any atom is 0.300 e. The van der Waals surface area contributed by atoms with E-state index in [4.69, 9.17) is 30.5 Å². The molecule has 0 radical (unpaired) electrons. The number of hydrogen-bond donors (Lipinski definition) is 6. The van der Waals surface area contributed by atoms with Crippen LogP contribution in [0.5, 0.6) is 11.5 Å². The molecule has 1 atom stereocenters. The van der Waals surface area contributed by atoms with Crippen molar-refractivity contribution in [2.24, 2.45) is 5.73 Å². The zero-order chi connectivity index (χ0) is 31.5. The summed E-state index contributed by atoms with van der Waals surface area (Å²) >= 11 is 0. The Morgan fingerprint density at radius 3 is 2.34 bits per heavy atom. The van der Waals surface area contributed by atoms with Gasteiger partial charge in [0.25, 0.3) is 5.97 Å². The van der Waals surface area contributed by atoms with Gasteiger partial charge in [-0.2, -0.15) is 0 Å². The maximum atomic E-state index is 13.5. The van der Waals surface area contributed by atoms with Crippen molar-refractivity contribution in [1.82, 2.24) is 10.3 Å². The minimum absolute atomic E-state index is 0.0166. The van der Waals surface area contributed by atoms with Crippen LogP contribution in [0.4, 0.5) is 5.69 Å². The lowest BCUT2D eigenvalue weighted by Crippen LogP contribution is -2.33. The van der Waals surface area contributed by atoms with Crippen LogP contribution in [0, 0.1) is 5.41 Å². The molecule has 1 amide bonds. The topological polar surface area (TPSA) is 163 Å². The van der Waals surface area contributed by atoms with Crippen LogP contribution in [0.2, 0.25) is 0 Å². The summed E-state index contributed by atoms with van der Waals surface area (Å²) < 4.78 is 11.8. The van der Waals surface area contributed by atoms with E-state index in [1.807, 2.05) is 72.9 Å². The Hall–Kier alpha value is -5.77. The zero-order valence-electron chi connectivity index (χ0n) is 24.5. The second-order valence-corrected chi connectivity index (χ2v) is 9.89. The first-order valence-corrected chi connectivity index (χ1v) is 13.8. The van der Waals surface area contributed by atoms with E-state index < -0.39 is 12.0 Å². The summed E-state index contributed by atoms with van der Waals surface area (Å²) in [5.41, 5.74) is 10.7. The minimum Gasteiger partial charge on any atom is -0.493 e. The van der Waals surface area contributed by atoms with Gasteiger partial charge in [-0.3, -0.25) is 15.0 Å². The summed E-state index contributed by atoms with van der Waals surface area (Å²) in [4.78, 5) is 25.7. The fourth-order valence-corrected chi connectivity index (χ4v) is 4.44. The zero-order valence-corrected chi connectivity index (χ0v) is 24.5. The Labute approximate surface area is 255 Å². The van der Waals surface area contributed by atoms with E-state index in [1.54, 1.807) is 31.4 Å². The van der Waals surface area contributed by atoms with Crippen molar-refractivity contribution in [3.63, 3.8) is 0 Å². The van der Waals surface area contributed by atoms with E-state index in [2.05, 4.69) is 21.7 Å². The quantitative estimate of drug-likeness (QED) is 0.0858. The molecule has 5 aromatic rings. The van der Waals surface area contributed by atoms with Crippen LogP contribution in [0.3, 0.4) is 0 Å². The fourth-order valence-electron chi connectivity index (χ4n) is 4.44. The first kappa shape index (κ1) is 31.2. The second kappa shape index (κ2) is 14.9. The number of aromatic nitrogens is 1. The second-order valence-electron chi connectivity index (χ2n) is 9.89. The predicted molar refractivity (Wildman–Crippen MR) is 171 cm³/mol. The Morgan fingerprint density at radius 1 is 0.932 bits per heavy atom. The van der Waals surface area contributed by atoms with Crippen LogP contribution >= 0.6 is 0 Å². The van der Waals surface area contributed by atoms with Crippen molar-refractivity contribution >= 4 is 34.3 Å². The average Bonchev–Trinajstić information content (AvgIpc) is 3.50. The number of rotatable bonds is 11. The number of H-pyrrole nitrogens is 1. The number of hydrogen-bond acceptors (Lipinski definition) is 6. The average molecular weight is 594 g/mol. The Kier molecular flexibility index (Phi) is 10.6. The highest BCUT2D eigenvalue weighted by molar-refractivity contribution is 5.95. The third kappa shape index (κ3) is 8.62. The van der Waals surface area contributed by atoms with Gasteiger partial charge in [-0.15, -0.1) is 0 Å². The lowest BCUT2D eigenvalue weighted by Gasteiger charge is -2.22. The number of nitrogens with one attached hydrogen (secondary N) is 4. The smallest absolute Gasteiger partial charge is 0.300 e. The van der Waals surface area contributed by atoms with Crippen molar-refractivity contribution in [2.45, 2.75) is 26.1 Å². The van der Waals surface area contributed by atoms with Crippen LogP contribution < -0.4 is 25.8 Å². The number of fused-ring (bicyclic) bond motifs is 1. The number of benzene rings is 4. The molecule has 0 spiro atoms. The summed E-state index contributed by atoms with van der Waals surface area (Å²) in [7, 11) is 1.58. The van der Waals surface area contributed by atoms with E-state index >= 15 is 0 Å². The molecular weight excluding hydrogens is 558 g/mol. The summed E-state index contributed by atoms with van der Waals surface area (Å²) in [6, 6.07) is 29.8. The number of nitrogens with two attached hydrogens (primary N) is 1. The van der Waals surface area contributed by atoms with Crippen LogP contribution in [0.15, 0.2) is 103 Å². The molecule has 7 N–H and O–H groups in total. The standard InChI is InChI=1S/C32H31N5O3.C2H4O2/c1-39-29-18-25(10-14-28(29)40-20-22-7-13-27-24(17-22)15-16-35-27)30(32(38)36-19-21-5-3-2-4-6-21)37-26-11-8-23(9-12-26)31(33)34;1-2(3)4/h2-18,30,35,37H,19-20H2,1H3,(H3,33,34)(H,36,38);1H3,(H,3,4)/t30-;/m1./s1. The number of carboxylic acid groups (broad SMARTS) is 1. The van der Waals surface area contributed by atoms with Gasteiger partial charge in [0, 0.05) is 36.4 Å². The molecular formula is C34H35N5O5. The first-order valence-electron chi connectivity index (χ1n) is 13.8. The van der Waals surface area contributed by atoms with Gasteiger partial charge < -0.3 is 35.9 Å². The molecule has 10 nitrogen and oxygen atoms in total.